The van der Waals surface area contributed by atoms with E-state index in [4.69, 9.17) is 5.73 Å². The Hall–Kier alpha value is -3.59. The summed E-state index contributed by atoms with van der Waals surface area (Å²) in [5, 5.41) is 2.11. The highest BCUT2D eigenvalue weighted by Crippen LogP contribution is 2.27. The lowest BCUT2D eigenvalue weighted by Crippen LogP contribution is -2.25. The number of amides is 2. The zero-order valence-electron chi connectivity index (χ0n) is 14.1. The van der Waals surface area contributed by atoms with Gasteiger partial charge in [0.25, 0.3) is 17.4 Å². The molecular weight excluding hydrogens is 428 g/mol. The number of benzene rings is 1. The van der Waals surface area contributed by atoms with Gasteiger partial charge in [-0.2, -0.15) is 0 Å². The van der Waals surface area contributed by atoms with Gasteiger partial charge < -0.3 is 5.73 Å². The largest absolute Gasteiger partial charge is 0.384 e. The van der Waals surface area contributed by atoms with Crippen LogP contribution in [0.3, 0.4) is 0 Å². The van der Waals surface area contributed by atoms with Gasteiger partial charge in [0.1, 0.15) is 11.5 Å². The van der Waals surface area contributed by atoms with Crippen molar-refractivity contribution in [3.63, 3.8) is 0 Å². The maximum absolute atomic E-state index is 13.0. The van der Waals surface area contributed by atoms with Crippen molar-refractivity contribution in [2.75, 3.05) is 5.73 Å². The number of nitrogens with one attached hydrogen (secondary N) is 1. The van der Waals surface area contributed by atoms with Crippen LogP contribution in [-0.2, 0) is 0 Å². The van der Waals surface area contributed by atoms with Gasteiger partial charge in [0.15, 0.2) is 0 Å². The molecule has 138 valence electrons. The van der Waals surface area contributed by atoms with Crippen LogP contribution < -0.4 is 16.6 Å². The number of hydrogen-bond acceptors (Lipinski definition) is 6. The first kappa shape index (κ1) is 17.8. The average molecular weight is 439 g/mol. The van der Waals surface area contributed by atoms with Crippen LogP contribution in [0.4, 0.5) is 5.82 Å². The normalized spacial score (nSPS) is 12.6. The number of imide groups is 1. The van der Waals surface area contributed by atoms with E-state index in [0.29, 0.717) is 4.47 Å². The first-order valence-corrected chi connectivity index (χ1v) is 8.84. The Morgan fingerprint density at radius 2 is 1.86 bits per heavy atom. The third-order valence-corrected chi connectivity index (χ3v) is 4.79. The van der Waals surface area contributed by atoms with Gasteiger partial charge in [0, 0.05) is 22.3 Å². The van der Waals surface area contributed by atoms with Crippen molar-refractivity contribution < 1.29 is 14.4 Å². The third-order valence-electron chi connectivity index (χ3n) is 4.29. The Labute approximate surface area is 166 Å². The Morgan fingerprint density at radius 1 is 1.07 bits per heavy atom. The van der Waals surface area contributed by atoms with E-state index in [1.54, 1.807) is 24.3 Å². The summed E-state index contributed by atoms with van der Waals surface area (Å²) < 4.78 is 1.65. The Morgan fingerprint density at radius 3 is 2.57 bits per heavy atom. The van der Waals surface area contributed by atoms with Gasteiger partial charge in [-0.05, 0) is 30.3 Å². The van der Waals surface area contributed by atoms with E-state index in [1.807, 2.05) is 0 Å². The number of anilines is 1. The lowest BCUT2D eigenvalue weighted by Gasteiger charge is -2.15. The molecule has 0 bridgehead atoms. The molecule has 0 fully saturated rings. The first-order chi connectivity index (χ1) is 13.4. The highest BCUT2D eigenvalue weighted by Gasteiger charge is 2.32. The lowest BCUT2D eigenvalue weighted by atomic mass is 10.0. The summed E-state index contributed by atoms with van der Waals surface area (Å²) in [5.41, 5.74) is 5.78. The molecule has 3 aromatic rings. The molecule has 9 heteroatoms. The fraction of sp³-hybridized carbons (Fsp3) is 0. The monoisotopic (exact) mass is 438 g/mol. The summed E-state index contributed by atoms with van der Waals surface area (Å²) >= 11 is 3.31. The fourth-order valence-corrected chi connectivity index (χ4v) is 3.41. The Bertz CT molecular complexity index is 1230. The van der Waals surface area contributed by atoms with Gasteiger partial charge in [0.05, 0.1) is 16.8 Å². The van der Waals surface area contributed by atoms with Crippen molar-refractivity contribution >= 4 is 39.3 Å². The fourth-order valence-electron chi connectivity index (χ4n) is 3.05. The molecule has 0 radical (unpaired) electrons. The number of rotatable bonds is 3. The highest BCUT2D eigenvalue weighted by atomic mass is 79.9. The molecule has 3 heterocycles. The molecule has 0 unspecified atom stereocenters. The van der Waals surface area contributed by atoms with E-state index in [0.717, 1.165) is 10.6 Å². The molecule has 2 amide bonds. The number of hydrogen-bond donors (Lipinski definition) is 2. The number of halogens is 1. The SMILES string of the molecule is Nc1c2c(cc(=O)n1-c1ccc(Br)cc1C(=O)c1ccccn1)C(=O)NC2=O. The van der Waals surface area contributed by atoms with Crippen LogP contribution in [-0.4, -0.2) is 27.1 Å². The number of ketones is 1. The molecule has 0 saturated heterocycles. The highest BCUT2D eigenvalue weighted by molar-refractivity contribution is 9.10. The standard InChI is InChI=1S/C19H11BrN4O4/c20-9-4-5-13(10(7-9)16(26)12-3-1-2-6-22-12)24-14(25)8-11-15(17(24)21)19(28)23-18(11)27/h1-8H,21H2,(H,23,27,28). The van der Waals surface area contributed by atoms with Crippen LogP contribution in [0.1, 0.15) is 36.8 Å². The molecule has 2 aromatic heterocycles. The van der Waals surface area contributed by atoms with Crippen molar-refractivity contribution in [2.24, 2.45) is 0 Å². The number of aromatic nitrogens is 2. The van der Waals surface area contributed by atoms with Crippen molar-refractivity contribution in [3.05, 3.63) is 85.9 Å². The summed E-state index contributed by atoms with van der Waals surface area (Å²) in [6, 6.07) is 10.6. The van der Waals surface area contributed by atoms with Crippen LogP contribution >= 0.6 is 15.9 Å². The van der Waals surface area contributed by atoms with Gasteiger partial charge >= 0.3 is 0 Å². The molecule has 3 N–H and O–H groups in total. The van der Waals surface area contributed by atoms with E-state index in [1.165, 1.54) is 18.3 Å². The third kappa shape index (κ3) is 2.72. The minimum Gasteiger partial charge on any atom is -0.384 e. The number of nitrogen functional groups attached to an aromatic ring is 1. The number of nitrogens with two attached hydrogens (primary N) is 1. The van der Waals surface area contributed by atoms with Gasteiger partial charge in [0.2, 0.25) is 5.78 Å². The van der Waals surface area contributed by atoms with Gasteiger partial charge in [-0.15, -0.1) is 0 Å². The molecule has 1 aromatic carbocycles. The lowest BCUT2D eigenvalue weighted by molar-refractivity contribution is 0.0879. The van der Waals surface area contributed by atoms with E-state index < -0.39 is 23.2 Å². The van der Waals surface area contributed by atoms with Gasteiger partial charge in [-0.3, -0.25) is 34.0 Å². The van der Waals surface area contributed by atoms with Crippen LogP contribution in [0, 0.1) is 0 Å². The molecule has 4 rings (SSSR count). The van der Waals surface area contributed by atoms with Gasteiger partial charge in [-0.25, -0.2) is 0 Å². The maximum atomic E-state index is 13.0. The van der Waals surface area contributed by atoms with E-state index in [9.17, 15) is 19.2 Å². The quantitative estimate of drug-likeness (QED) is 0.473. The predicted molar refractivity (Wildman–Crippen MR) is 104 cm³/mol. The Balaban J connectivity index is 1.99. The van der Waals surface area contributed by atoms with Crippen LogP contribution in [0.15, 0.2) is 57.9 Å². The second-order valence-electron chi connectivity index (χ2n) is 5.98. The van der Waals surface area contributed by atoms with E-state index in [-0.39, 0.29) is 33.9 Å². The van der Waals surface area contributed by atoms with Crippen molar-refractivity contribution in [2.45, 2.75) is 0 Å². The number of carbonyl (C=O) groups excluding carboxylic acids is 3. The second-order valence-corrected chi connectivity index (χ2v) is 6.90. The zero-order valence-corrected chi connectivity index (χ0v) is 15.7. The van der Waals surface area contributed by atoms with E-state index in [2.05, 4.69) is 26.2 Å². The molecule has 0 spiro atoms. The van der Waals surface area contributed by atoms with Crippen LogP contribution in [0.2, 0.25) is 0 Å². The Kier molecular flexibility index (Phi) is 4.16. The number of carbonyl (C=O) groups is 3. The smallest absolute Gasteiger partial charge is 0.262 e. The van der Waals surface area contributed by atoms with E-state index >= 15 is 0 Å². The number of pyridine rings is 2. The van der Waals surface area contributed by atoms with Crippen LogP contribution in [0.25, 0.3) is 5.69 Å². The summed E-state index contributed by atoms with van der Waals surface area (Å²) in [6.45, 7) is 0. The molecule has 8 nitrogen and oxygen atoms in total. The average Bonchev–Trinajstić information content (AvgIpc) is 2.96. The first-order valence-electron chi connectivity index (χ1n) is 8.05. The second kappa shape index (κ2) is 6.54. The summed E-state index contributed by atoms with van der Waals surface area (Å²) in [5.74, 6) is -2.02. The zero-order chi connectivity index (χ0) is 20.0. The van der Waals surface area contributed by atoms with Gasteiger partial charge in [-0.1, -0.05) is 22.0 Å². The topological polar surface area (TPSA) is 124 Å². The molecular formula is C19H11BrN4O4. The number of fused-ring (bicyclic) bond motifs is 1. The summed E-state index contributed by atoms with van der Waals surface area (Å²) in [6.07, 6.45) is 1.48. The van der Waals surface area contributed by atoms with Crippen molar-refractivity contribution in [1.29, 1.82) is 0 Å². The summed E-state index contributed by atoms with van der Waals surface area (Å²) in [7, 11) is 0. The summed E-state index contributed by atoms with van der Waals surface area (Å²) in [4.78, 5) is 53.6. The molecule has 0 atom stereocenters. The molecule has 0 aliphatic carbocycles. The molecule has 0 saturated carbocycles. The predicted octanol–water partition coefficient (Wildman–Crippen LogP) is 1.69. The number of nitrogens with zero attached hydrogens (tertiary/aromatic N) is 2. The van der Waals surface area contributed by atoms with Crippen molar-refractivity contribution in [1.82, 2.24) is 14.9 Å². The molecule has 28 heavy (non-hydrogen) atoms. The van der Waals surface area contributed by atoms with Crippen molar-refractivity contribution in [3.8, 4) is 5.69 Å². The minimum atomic E-state index is -0.694. The molecule has 1 aliphatic heterocycles. The maximum Gasteiger partial charge on any atom is 0.262 e. The van der Waals surface area contributed by atoms with Crippen LogP contribution in [0.5, 0.6) is 0 Å². The molecule has 1 aliphatic rings. The minimum absolute atomic E-state index is 0.0848.